The molecule has 1 rings (SSSR count). The summed E-state index contributed by atoms with van der Waals surface area (Å²) in [5.74, 6) is 0.431. The largest absolute Gasteiger partial charge is 0.507 e. The lowest BCUT2D eigenvalue weighted by molar-refractivity contribution is 0.131. The number of hydrogen-bond acceptors (Lipinski definition) is 2. The van der Waals surface area contributed by atoms with Crippen LogP contribution in [0.3, 0.4) is 0 Å². The minimum Gasteiger partial charge on any atom is -0.507 e. The van der Waals surface area contributed by atoms with Crippen LogP contribution in [0.4, 0.5) is 0 Å². The first-order valence-corrected chi connectivity index (χ1v) is 6.52. The van der Waals surface area contributed by atoms with E-state index in [4.69, 9.17) is 4.74 Å². The molecule has 2 heteroatoms. The molecule has 0 unspecified atom stereocenters. The number of rotatable bonds is 7. The molecule has 0 saturated carbocycles. The summed E-state index contributed by atoms with van der Waals surface area (Å²) >= 11 is 0. The number of unbranched alkanes of at least 4 members (excludes halogenated alkanes) is 1. The fourth-order valence-corrected chi connectivity index (χ4v) is 1.97. The highest BCUT2D eigenvalue weighted by atomic mass is 16.5. The van der Waals surface area contributed by atoms with Crippen LogP contribution in [0.1, 0.15) is 42.9 Å². The standard InChI is InChI=1S/C15H24O2/c1-4-8-17-9-6-5-7-14-10-12(2)15(16)13(3)11-14/h10-11,16H,4-9H2,1-3H3. The maximum Gasteiger partial charge on any atom is 0.121 e. The second-order valence-corrected chi connectivity index (χ2v) is 4.65. The van der Waals surface area contributed by atoms with E-state index in [1.54, 1.807) is 0 Å². The lowest BCUT2D eigenvalue weighted by Crippen LogP contribution is -1.97. The van der Waals surface area contributed by atoms with E-state index < -0.39 is 0 Å². The van der Waals surface area contributed by atoms with Crippen molar-refractivity contribution in [2.24, 2.45) is 0 Å². The highest BCUT2D eigenvalue weighted by Crippen LogP contribution is 2.23. The van der Waals surface area contributed by atoms with Crippen LogP contribution in [0.15, 0.2) is 12.1 Å². The first kappa shape index (κ1) is 14.0. The molecule has 0 aromatic heterocycles. The van der Waals surface area contributed by atoms with Gasteiger partial charge < -0.3 is 9.84 Å². The van der Waals surface area contributed by atoms with Gasteiger partial charge in [0, 0.05) is 13.2 Å². The van der Waals surface area contributed by atoms with Gasteiger partial charge in [-0.15, -0.1) is 0 Å². The molecule has 1 N–H and O–H groups in total. The second-order valence-electron chi connectivity index (χ2n) is 4.65. The van der Waals surface area contributed by atoms with Gasteiger partial charge in [0.05, 0.1) is 0 Å². The third-order valence-corrected chi connectivity index (χ3v) is 2.90. The van der Waals surface area contributed by atoms with Crippen molar-refractivity contribution in [3.8, 4) is 5.75 Å². The SMILES string of the molecule is CCCOCCCCc1cc(C)c(O)c(C)c1. The minimum atomic E-state index is 0.431. The predicted molar refractivity (Wildman–Crippen MR) is 71.6 cm³/mol. The molecule has 17 heavy (non-hydrogen) atoms. The van der Waals surface area contributed by atoms with Crippen molar-refractivity contribution < 1.29 is 9.84 Å². The van der Waals surface area contributed by atoms with Gasteiger partial charge in [-0.05, 0) is 56.2 Å². The van der Waals surface area contributed by atoms with E-state index in [0.717, 1.165) is 50.0 Å². The molecular formula is C15H24O2. The molecule has 1 aromatic carbocycles. The maximum atomic E-state index is 9.68. The smallest absolute Gasteiger partial charge is 0.121 e. The number of hydrogen-bond donors (Lipinski definition) is 1. The Morgan fingerprint density at radius 3 is 2.29 bits per heavy atom. The monoisotopic (exact) mass is 236 g/mol. The molecule has 0 aliphatic heterocycles. The lowest BCUT2D eigenvalue weighted by atomic mass is 10.0. The topological polar surface area (TPSA) is 29.5 Å². The van der Waals surface area contributed by atoms with Gasteiger partial charge in [-0.2, -0.15) is 0 Å². The molecule has 1 aromatic rings. The summed E-state index contributed by atoms with van der Waals surface area (Å²) < 4.78 is 5.45. The van der Waals surface area contributed by atoms with Crippen LogP contribution >= 0.6 is 0 Å². The molecule has 0 amide bonds. The van der Waals surface area contributed by atoms with Gasteiger partial charge in [-0.1, -0.05) is 19.1 Å². The average Bonchev–Trinajstić information content (AvgIpc) is 2.30. The van der Waals surface area contributed by atoms with E-state index in [-0.39, 0.29) is 0 Å². The summed E-state index contributed by atoms with van der Waals surface area (Å²) in [5, 5.41) is 9.68. The van der Waals surface area contributed by atoms with Crippen molar-refractivity contribution in [2.45, 2.75) is 46.5 Å². The third kappa shape index (κ3) is 4.78. The molecular weight excluding hydrogens is 212 g/mol. The van der Waals surface area contributed by atoms with Crippen molar-refractivity contribution >= 4 is 0 Å². The van der Waals surface area contributed by atoms with Gasteiger partial charge in [0.1, 0.15) is 5.75 Å². The lowest BCUT2D eigenvalue weighted by Gasteiger charge is -2.08. The summed E-state index contributed by atoms with van der Waals surface area (Å²) in [6.07, 6.45) is 4.42. The highest BCUT2D eigenvalue weighted by Gasteiger charge is 2.03. The van der Waals surface area contributed by atoms with E-state index in [1.807, 2.05) is 13.8 Å². The van der Waals surface area contributed by atoms with Crippen molar-refractivity contribution in [1.29, 1.82) is 0 Å². The first-order chi connectivity index (χ1) is 8.15. The zero-order valence-corrected chi connectivity index (χ0v) is 11.3. The number of benzene rings is 1. The normalized spacial score (nSPS) is 10.8. The fourth-order valence-electron chi connectivity index (χ4n) is 1.97. The molecule has 0 bridgehead atoms. The number of ether oxygens (including phenoxy) is 1. The average molecular weight is 236 g/mol. The molecule has 0 aliphatic rings. The Hall–Kier alpha value is -1.02. The van der Waals surface area contributed by atoms with Gasteiger partial charge in [0.15, 0.2) is 0 Å². The molecule has 96 valence electrons. The van der Waals surface area contributed by atoms with Gasteiger partial charge in [0.2, 0.25) is 0 Å². The fraction of sp³-hybridized carbons (Fsp3) is 0.600. The van der Waals surface area contributed by atoms with E-state index >= 15 is 0 Å². The predicted octanol–water partition coefficient (Wildman–Crippen LogP) is 3.76. The number of phenols is 1. The number of phenolic OH excluding ortho intramolecular Hbond substituents is 1. The Morgan fingerprint density at radius 1 is 1.06 bits per heavy atom. The third-order valence-electron chi connectivity index (χ3n) is 2.90. The zero-order valence-electron chi connectivity index (χ0n) is 11.3. The van der Waals surface area contributed by atoms with E-state index in [1.165, 1.54) is 5.56 Å². The Kier molecular flexibility index (Phi) is 6.06. The first-order valence-electron chi connectivity index (χ1n) is 6.52. The quantitative estimate of drug-likeness (QED) is 0.730. The molecule has 0 aliphatic carbocycles. The van der Waals surface area contributed by atoms with Gasteiger partial charge in [-0.3, -0.25) is 0 Å². The van der Waals surface area contributed by atoms with E-state index in [2.05, 4.69) is 19.1 Å². The Morgan fingerprint density at radius 2 is 1.71 bits per heavy atom. The minimum absolute atomic E-state index is 0.431. The van der Waals surface area contributed by atoms with Crippen LogP contribution in [0.2, 0.25) is 0 Å². The molecule has 0 fully saturated rings. The number of aromatic hydroxyl groups is 1. The zero-order chi connectivity index (χ0) is 12.7. The van der Waals surface area contributed by atoms with E-state index in [9.17, 15) is 5.11 Å². The summed E-state index contributed by atoms with van der Waals surface area (Å²) in [7, 11) is 0. The molecule has 0 atom stereocenters. The molecule has 0 heterocycles. The van der Waals surface area contributed by atoms with Crippen LogP contribution in [0, 0.1) is 13.8 Å². The van der Waals surface area contributed by atoms with Crippen LogP contribution in [0.5, 0.6) is 5.75 Å². The van der Waals surface area contributed by atoms with Crippen LogP contribution in [0.25, 0.3) is 0 Å². The van der Waals surface area contributed by atoms with Crippen molar-refractivity contribution in [1.82, 2.24) is 0 Å². The number of aryl methyl sites for hydroxylation is 3. The summed E-state index contributed by atoms with van der Waals surface area (Å²) in [4.78, 5) is 0. The summed E-state index contributed by atoms with van der Waals surface area (Å²) in [6, 6.07) is 4.16. The second kappa shape index (κ2) is 7.33. The molecule has 0 saturated heterocycles. The van der Waals surface area contributed by atoms with E-state index in [0.29, 0.717) is 5.75 Å². The van der Waals surface area contributed by atoms with Gasteiger partial charge in [0.25, 0.3) is 0 Å². The Balaban J connectivity index is 2.32. The maximum absolute atomic E-state index is 9.68. The van der Waals surface area contributed by atoms with Crippen LogP contribution < -0.4 is 0 Å². The van der Waals surface area contributed by atoms with Crippen LogP contribution in [-0.2, 0) is 11.2 Å². The van der Waals surface area contributed by atoms with Crippen molar-refractivity contribution in [2.75, 3.05) is 13.2 Å². The van der Waals surface area contributed by atoms with Gasteiger partial charge in [-0.25, -0.2) is 0 Å². The van der Waals surface area contributed by atoms with Crippen molar-refractivity contribution in [3.63, 3.8) is 0 Å². The summed E-state index contributed by atoms with van der Waals surface area (Å²) in [6.45, 7) is 7.77. The van der Waals surface area contributed by atoms with Gasteiger partial charge >= 0.3 is 0 Å². The molecule has 0 spiro atoms. The molecule has 0 radical (unpaired) electrons. The summed E-state index contributed by atoms with van der Waals surface area (Å²) in [5.41, 5.74) is 3.26. The van der Waals surface area contributed by atoms with Crippen LogP contribution in [-0.4, -0.2) is 18.3 Å². The van der Waals surface area contributed by atoms with Crippen molar-refractivity contribution in [3.05, 3.63) is 28.8 Å². The highest BCUT2D eigenvalue weighted by molar-refractivity contribution is 5.42. The Bertz CT molecular complexity index is 322. The molecule has 2 nitrogen and oxygen atoms in total. The Labute approximate surface area is 105 Å².